The van der Waals surface area contributed by atoms with E-state index >= 15 is 0 Å². The quantitative estimate of drug-likeness (QED) is 0.623. The van der Waals surface area contributed by atoms with Crippen LogP contribution in [0.4, 0.5) is 10.1 Å². The average Bonchev–Trinajstić information content (AvgIpc) is 2.81. The number of methoxy groups -OCH3 is 1. The molecule has 2 N–H and O–H groups in total. The van der Waals surface area contributed by atoms with Gasteiger partial charge in [-0.25, -0.2) is 4.39 Å². The van der Waals surface area contributed by atoms with Crippen LogP contribution in [0, 0.1) is 5.82 Å². The van der Waals surface area contributed by atoms with Crippen LogP contribution in [-0.2, 0) is 16.0 Å². The van der Waals surface area contributed by atoms with Gasteiger partial charge >= 0.3 is 0 Å². The summed E-state index contributed by atoms with van der Waals surface area (Å²) in [7, 11) is 1.64. The van der Waals surface area contributed by atoms with Crippen LogP contribution in [-0.4, -0.2) is 74.0 Å². The van der Waals surface area contributed by atoms with Crippen molar-refractivity contribution in [3.63, 3.8) is 0 Å². The molecule has 0 radical (unpaired) electrons. The van der Waals surface area contributed by atoms with E-state index in [1.807, 2.05) is 31.2 Å². The zero-order valence-corrected chi connectivity index (χ0v) is 18.6. The molecule has 32 heavy (non-hydrogen) atoms. The molecule has 7 nitrogen and oxygen atoms in total. The van der Waals surface area contributed by atoms with Crippen molar-refractivity contribution in [1.82, 2.24) is 15.1 Å². The Kier molecular flexibility index (Phi) is 8.58. The smallest absolute Gasteiger partial charge is 0.238 e. The van der Waals surface area contributed by atoms with Crippen molar-refractivity contribution in [1.29, 1.82) is 0 Å². The summed E-state index contributed by atoms with van der Waals surface area (Å²) < 4.78 is 18.1. The van der Waals surface area contributed by atoms with Crippen LogP contribution >= 0.6 is 0 Å². The first-order valence-electron chi connectivity index (χ1n) is 10.9. The molecule has 1 aliphatic heterocycles. The Balaban J connectivity index is 1.35. The van der Waals surface area contributed by atoms with E-state index in [0.29, 0.717) is 25.3 Å². The number of anilines is 1. The molecule has 2 aromatic rings. The molecule has 0 bridgehead atoms. The highest BCUT2D eigenvalue weighted by atomic mass is 19.1. The summed E-state index contributed by atoms with van der Waals surface area (Å²) >= 11 is 0. The number of nitrogens with zero attached hydrogens (tertiary/aromatic N) is 2. The summed E-state index contributed by atoms with van der Waals surface area (Å²) in [5.74, 6) is 0.367. The molecular formula is C24H31FN4O3. The lowest BCUT2D eigenvalue weighted by Crippen LogP contribution is -2.54. The Morgan fingerprint density at radius 3 is 2.31 bits per heavy atom. The number of benzene rings is 2. The molecule has 1 aliphatic rings. The zero-order chi connectivity index (χ0) is 22.9. The van der Waals surface area contributed by atoms with Crippen molar-refractivity contribution in [2.24, 2.45) is 0 Å². The molecule has 3 rings (SSSR count). The third kappa shape index (κ3) is 7.03. The SMILES string of the molecule is COc1ccc(CCNC(=O)C(C)N2CCN(CC(=O)Nc3ccc(F)cc3)CC2)cc1. The molecule has 2 amide bonds. The number of carbonyl (C=O) groups excluding carboxylic acids is 2. The van der Waals surface area contributed by atoms with Crippen LogP contribution in [0.25, 0.3) is 0 Å². The number of nitrogens with one attached hydrogen (secondary N) is 2. The Hall–Kier alpha value is -2.97. The van der Waals surface area contributed by atoms with E-state index in [0.717, 1.165) is 30.8 Å². The number of hydrogen-bond donors (Lipinski definition) is 2. The predicted octanol–water partition coefficient (Wildman–Crippen LogP) is 2.14. The number of hydrogen-bond acceptors (Lipinski definition) is 5. The second kappa shape index (κ2) is 11.6. The van der Waals surface area contributed by atoms with E-state index in [4.69, 9.17) is 4.74 Å². The highest BCUT2D eigenvalue weighted by Crippen LogP contribution is 2.12. The maximum atomic E-state index is 13.0. The van der Waals surface area contributed by atoms with Gasteiger partial charge in [-0.1, -0.05) is 12.1 Å². The standard InChI is InChI=1S/C24H31FN4O3/c1-18(24(31)26-12-11-19-3-9-22(32-2)10-4-19)29-15-13-28(14-16-29)17-23(30)27-21-7-5-20(25)6-8-21/h3-10,18H,11-17H2,1-2H3,(H,26,31)(H,27,30). The van der Waals surface area contributed by atoms with Crippen LogP contribution in [0.5, 0.6) is 5.75 Å². The van der Waals surface area contributed by atoms with Gasteiger partial charge < -0.3 is 15.4 Å². The van der Waals surface area contributed by atoms with Gasteiger partial charge in [0.1, 0.15) is 11.6 Å². The fraction of sp³-hybridized carbons (Fsp3) is 0.417. The monoisotopic (exact) mass is 442 g/mol. The van der Waals surface area contributed by atoms with E-state index in [9.17, 15) is 14.0 Å². The van der Waals surface area contributed by atoms with Gasteiger partial charge in [-0.05, 0) is 55.3 Å². The van der Waals surface area contributed by atoms with Crippen molar-refractivity contribution in [2.75, 3.05) is 51.7 Å². The topological polar surface area (TPSA) is 73.9 Å². The summed E-state index contributed by atoms with van der Waals surface area (Å²) in [6.45, 7) is 5.63. The second-order valence-corrected chi connectivity index (χ2v) is 7.93. The van der Waals surface area contributed by atoms with Crippen LogP contribution in [0.15, 0.2) is 48.5 Å². The zero-order valence-electron chi connectivity index (χ0n) is 18.6. The van der Waals surface area contributed by atoms with Gasteiger partial charge in [-0.3, -0.25) is 19.4 Å². The molecule has 1 atom stereocenters. The lowest BCUT2D eigenvalue weighted by molar-refractivity contribution is -0.127. The van der Waals surface area contributed by atoms with Crippen LogP contribution < -0.4 is 15.4 Å². The van der Waals surface area contributed by atoms with Gasteiger partial charge in [0, 0.05) is 38.4 Å². The van der Waals surface area contributed by atoms with Gasteiger partial charge in [-0.2, -0.15) is 0 Å². The fourth-order valence-corrected chi connectivity index (χ4v) is 3.68. The predicted molar refractivity (Wildman–Crippen MR) is 122 cm³/mol. The van der Waals surface area contributed by atoms with Gasteiger partial charge in [0.05, 0.1) is 19.7 Å². The Labute approximate surface area is 188 Å². The number of halogens is 1. The molecule has 172 valence electrons. The maximum absolute atomic E-state index is 13.0. The first-order chi connectivity index (χ1) is 15.4. The van der Waals surface area contributed by atoms with Gasteiger partial charge in [0.2, 0.25) is 11.8 Å². The Morgan fingerprint density at radius 2 is 1.69 bits per heavy atom. The fourth-order valence-electron chi connectivity index (χ4n) is 3.68. The first-order valence-corrected chi connectivity index (χ1v) is 10.9. The molecule has 8 heteroatoms. The summed E-state index contributed by atoms with van der Waals surface area (Å²) in [6.07, 6.45) is 0.763. The highest BCUT2D eigenvalue weighted by Gasteiger charge is 2.26. The van der Waals surface area contributed by atoms with Crippen molar-refractivity contribution in [3.05, 3.63) is 59.9 Å². The van der Waals surface area contributed by atoms with Crippen LogP contribution in [0.1, 0.15) is 12.5 Å². The number of rotatable bonds is 9. The summed E-state index contributed by atoms with van der Waals surface area (Å²) in [4.78, 5) is 29.0. The van der Waals surface area contributed by atoms with Gasteiger partial charge in [0.25, 0.3) is 0 Å². The molecule has 1 unspecified atom stereocenters. The third-order valence-corrected chi connectivity index (χ3v) is 5.70. The van der Waals surface area contributed by atoms with E-state index in [1.54, 1.807) is 19.2 Å². The summed E-state index contributed by atoms with van der Waals surface area (Å²) in [5.41, 5.74) is 1.72. The molecule has 2 aromatic carbocycles. The van der Waals surface area contributed by atoms with E-state index in [1.165, 1.54) is 12.1 Å². The molecule has 0 saturated carbocycles. The normalized spacial score (nSPS) is 15.7. The molecule has 1 fully saturated rings. The van der Waals surface area contributed by atoms with Crippen LogP contribution in [0.2, 0.25) is 0 Å². The highest BCUT2D eigenvalue weighted by molar-refractivity contribution is 5.92. The summed E-state index contributed by atoms with van der Waals surface area (Å²) in [6, 6.07) is 13.3. The molecule has 0 aliphatic carbocycles. The van der Waals surface area contributed by atoms with E-state index < -0.39 is 0 Å². The number of amides is 2. The lowest BCUT2D eigenvalue weighted by Gasteiger charge is -2.37. The third-order valence-electron chi connectivity index (χ3n) is 5.70. The molecule has 0 aromatic heterocycles. The molecule has 1 saturated heterocycles. The largest absolute Gasteiger partial charge is 0.497 e. The molecular weight excluding hydrogens is 411 g/mol. The minimum absolute atomic E-state index is 0.0148. The Morgan fingerprint density at radius 1 is 1.03 bits per heavy atom. The lowest BCUT2D eigenvalue weighted by atomic mass is 10.1. The van der Waals surface area contributed by atoms with Crippen LogP contribution in [0.3, 0.4) is 0 Å². The minimum atomic E-state index is -0.335. The van der Waals surface area contributed by atoms with Crippen molar-refractivity contribution >= 4 is 17.5 Å². The number of ether oxygens (including phenoxy) is 1. The maximum Gasteiger partial charge on any atom is 0.238 e. The van der Waals surface area contributed by atoms with Gasteiger partial charge in [-0.15, -0.1) is 0 Å². The number of carbonyl (C=O) groups is 2. The molecule has 1 heterocycles. The number of piperazine rings is 1. The van der Waals surface area contributed by atoms with E-state index in [-0.39, 0.29) is 30.2 Å². The average molecular weight is 443 g/mol. The van der Waals surface area contributed by atoms with Gasteiger partial charge in [0.15, 0.2) is 0 Å². The Bertz CT molecular complexity index is 881. The van der Waals surface area contributed by atoms with Crippen molar-refractivity contribution < 1.29 is 18.7 Å². The summed E-state index contributed by atoms with van der Waals surface area (Å²) in [5, 5.41) is 5.79. The molecule has 0 spiro atoms. The minimum Gasteiger partial charge on any atom is -0.497 e. The van der Waals surface area contributed by atoms with Crippen molar-refractivity contribution in [2.45, 2.75) is 19.4 Å². The van der Waals surface area contributed by atoms with E-state index in [2.05, 4.69) is 20.4 Å². The second-order valence-electron chi connectivity index (χ2n) is 7.93. The van der Waals surface area contributed by atoms with Crippen molar-refractivity contribution in [3.8, 4) is 5.75 Å². The first kappa shape index (κ1) is 23.7.